The van der Waals surface area contributed by atoms with E-state index in [4.69, 9.17) is 9.47 Å². The molecular weight excluding hydrogens is 190 g/mol. The van der Waals surface area contributed by atoms with Gasteiger partial charge in [0, 0.05) is 26.4 Å². The second kappa shape index (κ2) is 9.13. The fourth-order valence-corrected chi connectivity index (χ4v) is 1.89. The van der Waals surface area contributed by atoms with Gasteiger partial charge in [-0.3, -0.25) is 0 Å². The predicted octanol–water partition coefficient (Wildman–Crippen LogP) is 1.92. The normalized spacial score (nSPS) is 18.2. The van der Waals surface area contributed by atoms with Crippen molar-refractivity contribution in [1.29, 1.82) is 0 Å². The Kier molecular flexibility index (Phi) is 7.88. The Balaban J connectivity index is 1.79. The minimum Gasteiger partial charge on any atom is -0.382 e. The average Bonchev–Trinajstić information content (AvgIpc) is 2.29. The Bertz CT molecular complexity index is 136. The van der Waals surface area contributed by atoms with Gasteiger partial charge in [0.25, 0.3) is 0 Å². The molecule has 0 aromatic carbocycles. The first-order valence-corrected chi connectivity index (χ1v) is 6.31. The van der Waals surface area contributed by atoms with E-state index in [1.54, 1.807) is 0 Å². The van der Waals surface area contributed by atoms with Crippen molar-refractivity contribution >= 4 is 0 Å². The van der Waals surface area contributed by atoms with Crippen LogP contribution in [0.4, 0.5) is 0 Å². The van der Waals surface area contributed by atoms with Crippen molar-refractivity contribution in [3.05, 3.63) is 0 Å². The molecule has 0 spiro atoms. The van der Waals surface area contributed by atoms with Crippen LogP contribution in [0.15, 0.2) is 0 Å². The molecule has 0 amide bonds. The Morgan fingerprint density at radius 1 is 0.933 bits per heavy atom. The molecule has 0 saturated carbocycles. The molecule has 0 aliphatic carbocycles. The summed E-state index contributed by atoms with van der Waals surface area (Å²) in [6, 6.07) is 0. The molecular formula is C12H25NO2. The van der Waals surface area contributed by atoms with E-state index < -0.39 is 0 Å². The van der Waals surface area contributed by atoms with Crippen molar-refractivity contribution in [2.75, 3.05) is 46.1 Å². The third-order valence-electron chi connectivity index (χ3n) is 2.78. The maximum atomic E-state index is 5.56. The molecule has 1 saturated heterocycles. The molecule has 0 aromatic rings. The molecule has 0 radical (unpaired) electrons. The fraction of sp³-hybridized carbons (Fsp3) is 1.00. The second-order valence-electron chi connectivity index (χ2n) is 4.07. The van der Waals surface area contributed by atoms with Crippen molar-refractivity contribution in [2.45, 2.75) is 32.6 Å². The van der Waals surface area contributed by atoms with Crippen molar-refractivity contribution in [1.82, 2.24) is 4.90 Å². The molecule has 0 atom stereocenters. The molecule has 1 aliphatic rings. The van der Waals surface area contributed by atoms with Gasteiger partial charge in [0.1, 0.15) is 0 Å². The van der Waals surface area contributed by atoms with Crippen LogP contribution in [0.5, 0.6) is 0 Å². The number of rotatable bonds is 8. The smallest absolute Gasteiger partial charge is 0.0593 e. The zero-order valence-corrected chi connectivity index (χ0v) is 10.0. The zero-order valence-electron chi connectivity index (χ0n) is 10.0. The highest BCUT2D eigenvalue weighted by molar-refractivity contribution is 4.63. The van der Waals surface area contributed by atoms with Crippen LogP contribution in [0.3, 0.4) is 0 Å². The molecule has 1 heterocycles. The Morgan fingerprint density at radius 3 is 2.40 bits per heavy atom. The standard InChI is InChI=1S/C12H25NO2/c1-2-14-10-6-11-15-12-9-13-7-4-3-5-8-13/h2-12H2,1H3. The first-order valence-electron chi connectivity index (χ1n) is 6.31. The Hall–Kier alpha value is -0.120. The van der Waals surface area contributed by atoms with Crippen LogP contribution in [0.1, 0.15) is 32.6 Å². The van der Waals surface area contributed by atoms with Gasteiger partial charge in [-0.1, -0.05) is 6.42 Å². The predicted molar refractivity (Wildman–Crippen MR) is 62.2 cm³/mol. The van der Waals surface area contributed by atoms with Gasteiger partial charge in [0.05, 0.1) is 6.61 Å². The third kappa shape index (κ3) is 6.88. The van der Waals surface area contributed by atoms with Gasteiger partial charge in [-0.15, -0.1) is 0 Å². The number of hydrogen-bond acceptors (Lipinski definition) is 3. The molecule has 1 fully saturated rings. The number of ether oxygens (including phenoxy) is 2. The number of piperidine rings is 1. The van der Waals surface area contributed by atoms with Gasteiger partial charge in [0.15, 0.2) is 0 Å². The van der Waals surface area contributed by atoms with Gasteiger partial charge in [-0.25, -0.2) is 0 Å². The van der Waals surface area contributed by atoms with E-state index in [0.29, 0.717) is 0 Å². The minimum absolute atomic E-state index is 0.813. The van der Waals surface area contributed by atoms with Gasteiger partial charge in [0.2, 0.25) is 0 Å². The van der Waals surface area contributed by atoms with Crippen molar-refractivity contribution in [3.8, 4) is 0 Å². The SMILES string of the molecule is CCOCCCOCCN1CCCCC1. The van der Waals surface area contributed by atoms with E-state index in [1.165, 1.54) is 32.4 Å². The first-order chi connectivity index (χ1) is 7.43. The lowest BCUT2D eigenvalue weighted by atomic mass is 10.1. The summed E-state index contributed by atoms with van der Waals surface area (Å²) >= 11 is 0. The molecule has 0 unspecified atom stereocenters. The second-order valence-corrected chi connectivity index (χ2v) is 4.07. The molecule has 1 rings (SSSR count). The van der Waals surface area contributed by atoms with Gasteiger partial charge < -0.3 is 14.4 Å². The van der Waals surface area contributed by atoms with Crippen molar-refractivity contribution in [2.24, 2.45) is 0 Å². The lowest BCUT2D eigenvalue weighted by Crippen LogP contribution is -2.32. The van der Waals surface area contributed by atoms with E-state index >= 15 is 0 Å². The highest BCUT2D eigenvalue weighted by atomic mass is 16.5. The van der Waals surface area contributed by atoms with E-state index in [2.05, 4.69) is 4.90 Å². The Morgan fingerprint density at radius 2 is 1.67 bits per heavy atom. The maximum absolute atomic E-state index is 5.56. The average molecular weight is 215 g/mol. The largest absolute Gasteiger partial charge is 0.382 e. The quantitative estimate of drug-likeness (QED) is 0.577. The molecule has 0 N–H and O–H groups in total. The van der Waals surface area contributed by atoms with Crippen molar-refractivity contribution < 1.29 is 9.47 Å². The molecule has 0 bridgehead atoms. The van der Waals surface area contributed by atoms with Gasteiger partial charge >= 0.3 is 0 Å². The monoisotopic (exact) mass is 215 g/mol. The van der Waals surface area contributed by atoms with Gasteiger partial charge in [-0.2, -0.15) is 0 Å². The van der Waals surface area contributed by atoms with Crippen LogP contribution >= 0.6 is 0 Å². The molecule has 15 heavy (non-hydrogen) atoms. The molecule has 3 heteroatoms. The summed E-state index contributed by atoms with van der Waals surface area (Å²) in [5.74, 6) is 0. The van der Waals surface area contributed by atoms with E-state index in [0.717, 1.165) is 39.4 Å². The van der Waals surface area contributed by atoms with Gasteiger partial charge in [-0.05, 0) is 39.3 Å². The van der Waals surface area contributed by atoms with Crippen LogP contribution in [0.25, 0.3) is 0 Å². The molecule has 90 valence electrons. The van der Waals surface area contributed by atoms with Crippen LogP contribution in [0.2, 0.25) is 0 Å². The number of hydrogen-bond donors (Lipinski definition) is 0. The molecule has 1 aliphatic heterocycles. The summed E-state index contributed by atoms with van der Waals surface area (Å²) in [5, 5.41) is 0. The summed E-state index contributed by atoms with van der Waals surface area (Å²) < 4.78 is 10.8. The third-order valence-corrected chi connectivity index (χ3v) is 2.78. The summed E-state index contributed by atoms with van der Waals surface area (Å²) in [7, 11) is 0. The summed E-state index contributed by atoms with van der Waals surface area (Å²) in [5.41, 5.74) is 0. The fourth-order valence-electron chi connectivity index (χ4n) is 1.89. The summed E-state index contributed by atoms with van der Waals surface area (Å²) in [6.07, 6.45) is 5.16. The van der Waals surface area contributed by atoms with E-state index in [1.807, 2.05) is 6.92 Å². The topological polar surface area (TPSA) is 21.7 Å². The van der Waals surface area contributed by atoms with Crippen LogP contribution in [-0.4, -0.2) is 51.0 Å². The maximum Gasteiger partial charge on any atom is 0.0593 e. The van der Waals surface area contributed by atoms with Crippen LogP contribution in [-0.2, 0) is 9.47 Å². The van der Waals surface area contributed by atoms with Crippen LogP contribution < -0.4 is 0 Å². The molecule has 0 aromatic heterocycles. The minimum atomic E-state index is 0.813. The van der Waals surface area contributed by atoms with Crippen molar-refractivity contribution in [3.63, 3.8) is 0 Å². The van der Waals surface area contributed by atoms with Crippen LogP contribution in [0, 0.1) is 0 Å². The number of nitrogens with zero attached hydrogens (tertiary/aromatic N) is 1. The lowest BCUT2D eigenvalue weighted by Gasteiger charge is -2.26. The Labute approximate surface area is 93.7 Å². The highest BCUT2D eigenvalue weighted by Crippen LogP contribution is 2.07. The van der Waals surface area contributed by atoms with E-state index in [9.17, 15) is 0 Å². The molecule has 3 nitrogen and oxygen atoms in total. The van der Waals surface area contributed by atoms with E-state index in [-0.39, 0.29) is 0 Å². The summed E-state index contributed by atoms with van der Waals surface area (Å²) in [6.45, 7) is 9.03. The summed E-state index contributed by atoms with van der Waals surface area (Å²) in [4.78, 5) is 2.51. The first kappa shape index (κ1) is 12.9. The zero-order chi connectivity index (χ0) is 10.8. The number of likely N-dealkylation sites (tertiary alicyclic amines) is 1. The highest BCUT2D eigenvalue weighted by Gasteiger charge is 2.08. The lowest BCUT2D eigenvalue weighted by molar-refractivity contribution is 0.0707.